The molecule has 2 rings (SSSR count). The highest BCUT2D eigenvalue weighted by molar-refractivity contribution is 5.76. The molecule has 1 heteroatoms. The molecule has 18 heavy (non-hydrogen) atoms. The average molecular weight is 244 g/mol. The van der Waals surface area contributed by atoms with Crippen LogP contribution in [0.4, 0.5) is 0 Å². The fourth-order valence-electron chi connectivity index (χ4n) is 2.79. The Morgan fingerprint density at radius 1 is 1.00 bits per heavy atom. The first-order valence-electron chi connectivity index (χ1n) is 7.47. The Labute approximate surface area is 112 Å². The molecule has 0 spiro atoms. The van der Waals surface area contributed by atoms with Crippen molar-refractivity contribution < 1.29 is 4.58 Å². The van der Waals surface area contributed by atoms with Crippen molar-refractivity contribution in [3.8, 4) is 0 Å². The quantitative estimate of drug-likeness (QED) is 0.543. The van der Waals surface area contributed by atoms with Gasteiger partial charge in [0.25, 0.3) is 0 Å². The summed E-state index contributed by atoms with van der Waals surface area (Å²) in [4.78, 5) is 0. The first-order valence-corrected chi connectivity index (χ1v) is 7.47. The van der Waals surface area contributed by atoms with Crippen molar-refractivity contribution in [1.29, 1.82) is 0 Å². The summed E-state index contributed by atoms with van der Waals surface area (Å²) in [6, 6.07) is 10.9. The van der Waals surface area contributed by atoms with Gasteiger partial charge in [-0.25, -0.2) is 4.58 Å². The zero-order valence-corrected chi connectivity index (χ0v) is 11.7. The molecular formula is C17H26N+. The Balaban J connectivity index is 1.71. The zero-order valence-electron chi connectivity index (χ0n) is 11.7. The van der Waals surface area contributed by atoms with E-state index < -0.39 is 0 Å². The zero-order chi connectivity index (χ0) is 12.6. The molecule has 1 aliphatic rings. The van der Waals surface area contributed by atoms with Gasteiger partial charge in [0.1, 0.15) is 18.8 Å². The molecule has 0 radical (unpaired) electrons. The van der Waals surface area contributed by atoms with Gasteiger partial charge in [-0.3, -0.25) is 0 Å². The maximum Gasteiger partial charge on any atom is 0.149 e. The van der Waals surface area contributed by atoms with Gasteiger partial charge in [0.2, 0.25) is 0 Å². The second kappa shape index (κ2) is 7.35. The highest BCUT2D eigenvalue weighted by Crippen LogP contribution is 2.09. The van der Waals surface area contributed by atoms with E-state index in [1.165, 1.54) is 63.6 Å². The van der Waals surface area contributed by atoms with Gasteiger partial charge in [-0.05, 0) is 31.2 Å². The number of hydrogen-bond acceptors (Lipinski definition) is 0. The van der Waals surface area contributed by atoms with E-state index in [9.17, 15) is 0 Å². The van der Waals surface area contributed by atoms with E-state index in [2.05, 4.69) is 41.8 Å². The molecule has 98 valence electrons. The summed E-state index contributed by atoms with van der Waals surface area (Å²) < 4.78 is 2.62. The van der Waals surface area contributed by atoms with Gasteiger partial charge in [0.05, 0.1) is 0 Å². The number of hydrogen-bond donors (Lipinski definition) is 0. The molecule has 0 aromatic heterocycles. The minimum atomic E-state index is 1.23. The lowest BCUT2D eigenvalue weighted by molar-refractivity contribution is -0.529. The van der Waals surface area contributed by atoms with Crippen LogP contribution in [0.2, 0.25) is 0 Å². The molecule has 1 aromatic rings. The lowest BCUT2D eigenvalue weighted by atomic mass is 10.1. The number of nitrogens with zero attached hydrogens (tertiary/aromatic N) is 1. The van der Waals surface area contributed by atoms with Gasteiger partial charge < -0.3 is 0 Å². The Morgan fingerprint density at radius 3 is 2.67 bits per heavy atom. The van der Waals surface area contributed by atoms with Crippen LogP contribution >= 0.6 is 0 Å². The second-order valence-corrected chi connectivity index (χ2v) is 5.48. The number of aryl methyl sites for hydroxylation is 1. The van der Waals surface area contributed by atoms with E-state index in [0.29, 0.717) is 0 Å². The van der Waals surface area contributed by atoms with E-state index in [4.69, 9.17) is 0 Å². The Morgan fingerprint density at radius 2 is 1.83 bits per heavy atom. The predicted molar refractivity (Wildman–Crippen MR) is 78.5 cm³/mol. The molecule has 0 bridgehead atoms. The predicted octanol–water partition coefficient (Wildman–Crippen LogP) is 4.06. The van der Waals surface area contributed by atoms with Crippen molar-refractivity contribution in [3.63, 3.8) is 0 Å². The Bertz CT molecular complexity index is 378. The highest BCUT2D eigenvalue weighted by Gasteiger charge is 2.13. The summed E-state index contributed by atoms with van der Waals surface area (Å²) in [6.07, 6.45) is 9.38. The van der Waals surface area contributed by atoms with Gasteiger partial charge in [0.15, 0.2) is 0 Å². The molecule has 1 aromatic carbocycles. The van der Waals surface area contributed by atoms with E-state index >= 15 is 0 Å². The van der Waals surface area contributed by atoms with Crippen LogP contribution in [0, 0.1) is 0 Å². The van der Waals surface area contributed by atoms with Gasteiger partial charge in [0, 0.05) is 26.2 Å². The van der Waals surface area contributed by atoms with Crippen LogP contribution in [0.5, 0.6) is 0 Å². The molecule has 1 aliphatic heterocycles. The van der Waals surface area contributed by atoms with Crippen molar-refractivity contribution in [2.24, 2.45) is 0 Å². The lowest BCUT2D eigenvalue weighted by Crippen LogP contribution is -2.20. The minimum Gasteiger partial charge on any atom is -0.237 e. The van der Waals surface area contributed by atoms with Crippen LogP contribution in [0.15, 0.2) is 30.3 Å². The number of rotatable bonds is 5. The maximum absolute atomic E-state index is 2.62. The van der Waals surface area contributed by atoms with Crippen LogP contribution in [-0.4, -0.2) is 23.4 Å². The minimum absolute atomic E-state index is 1.23. The van der Waals surface area contributed by atoms with Crippen LogP contribution < -0.4 is 0 Å². The molecule has 1 heterocycles. The molecule has 0 atom stereocenters. The standard InChI is InChI=1S/C17H26N/c1-16-10-4-3-8-14-18(16)15-9-7-13-17-11-5-2-6-12-17/h2,5-6,11-12H,3-4,7-10,13-15H2,1H3/q+1. The van der Waals surface area contributed by atoms with Gasteiger partial charge in [-0.15, -0.1) is 0 Å². The third kappa shape index (κ3) is 4.29. The molecule has 1 nitrogen and oxygen atoms in total. The van der Waals surface area contributed by atoms with Crippen LogP contribution in [0.1, 0.15) is 51.0 Å². The summed E-state index contributed by atoms with van der Waals surface area (Å²) in [5, 5.41) is 0. The Kier molecular flexibility index (Phi) is 5.44. The molecular weight excluding hydrogens is 218 g/mol. The third-order valence-corrected chi connectivity index (χ3v) is 3.99. The number of unbranched alkanes of at least 4 members (excludes halogenated alkanes) is 1. The van der Waals surface area contributed by atoms with Gasteiger partial charge >= 0.3 is 0 Å². The fourth-order valence-corrected chi connectivity index (χ4v) is 2.79. The van der Waals surface area contributed by atoms with Crippen molar-refractivity contribution in [1.82, 2.24) is 0 Å². The fraction of sp³-hybridized carbons (Fsp3) is 0.588. The van der Waals surface area contributed by atoms with Gasteiger partial charge in [-0.2, -0.15) is 0 Å². The molecule has 0 fully saturated rings. The van der Waals surface area contributed by atoms with Crippen molar-refractivity contribution >= 4 is 5.71 Å². The van der Waals surface area contributed by atoms with E-state index in [1.807, 2.05) is 0 Å². The SMILES string of the molecule is CC1=[N+](CCCCc2ccccc2)CCCCC1. The average Bonchev–Trinajstić information content (AvgIpc) is 2.61. The summed E-state index contributed by atoms with van der Waals surface area (Å²) in [7, 11) is 0. The largest absolute Gasteiger partial charge is 0.237 e. The van der Waals surface area contributed by atoms with Crippen molar-refractivity contribution in [3.05, 3.63) is 35.9 Å². The van der Waals surface area contributed by atoms with Crippen LogP contribution in [0.25, 0.3) is 0 Å². The first-order chi connectivity index (χ1) is 8.86. The smallest absolute Gasteiger partial charge is 0.149 e. The highest BCUT2D eigenvalue weighted by atomic mass is 15.0. The van der Waals surface area contributed by atoms with Crippen molar-refractivity contribution in [2.45, 2.75) is 51.9 Å². The number of benzene rings is 1. The third-order valence-electron chi connectivity index (χ3n) is 3.99. The summed E-state index contributed by atoms with van der Waals surface area (Å²) in [5.41, 5.74) is 3.10. The van der Waals surface area contributed by atoms with Crippen LogP contribution in [-0.2, 0) is 6.42 Å². The molecule has 0 saturated carbocycles. The Hall–Kier alpha value is -1.11. The van der Waals surface area contributed by atoms with Gasteiger partial charge in [-0.1, -0.05) is 30.3 Å². The maximum atomic E-state index is 2.62. The lowest BCUT2D eigenvalue weighted by Gasteiger charge is -2.05. The van der Waals surface area contributed by atoms with Crippen molar-refractivity contribution in [2.75, 3.05) is 13.1 Å². The molecule has 0 aliphatic carbocycles. The van der Waals surface area contributed by atoms with E-state index in [0.717, 1.165) is 0 Å². The molecule has 0 N–H and O–H groups in total. The van der Waals surface area contributed by atoms with Crippen LogP contribution in [0.3, 0.4) is 0 Å². The monoisotopic (exact) mass is 244 g/mol. The normalized spacial score (nSPS) is 16.7. The first kappa shape index (κ1) is 13.3. The molecule has 0 unspecified atom stereocenters. The molecule has 0 amide bonds. The topological polar surface area (TPSA) is 3.01 Å². The van der Waals surface area contributed by atoms with E-state index in [1.54, 1.807) is 5.71 Å². The summed E-state index contributed by atoms with van der Waals surface area (Å²) in [5.74, 6) is 0. The molecule has 0 saturated heterocycles. The summed E-state index contributed by atoms with van der Waals surface area (Å²) in [6.45, 7) is 4.87. The second-order valence-electron chi connectivity index (χ2n) is 5.48. The summed E-state index contributed by atoms with van der Waals surface area (Å²) >= 11 is 0. The van der Waals surface area contributed by atoms with E-state index in [-0.39, 0.29) is 0 Å².